The molecule has 1 N–H and O–H groups in total. The standard InChI is InChI=1S/C21H22N4O2/c1-15-9-3-4-10-16(15)22-20(26)19-23-18(17-11-5-8-14-25(17)19)21(27)24-12-6-2-7-13-24/h3-5,8-11,14H,2,6-7,12-13H2,1H3,(H,22,26). The number of carbonyl (C=O) groups excluding carboxylic acids is 2. The fraction of sp³-hybridized carbons (Fsp3) is 0.286. The molecule has 0 saturated carbocycles. The van der Waals surface area contributed by atoms with Crippen LogP contribution in [0.3, 0.4) is 0 Å². The van der Waals surface area contributed by atoms with Crippen LogP contribution in [0.5, 0.6) is 0 Å². The third-order valence-corrected chi connectivity index (χ3v) is 4.99. The van der Waals surface area contributed by atoms with Gasteiger partial charge in [-0.1, -0.05) is 24.3 Å². The smallest absolute Gasteiger partial charge is 0.292 e. The van der Waals surface area contributed by atoms with Gasteiger partial charge in [-0.25, -0.2) is 4.98 Å². The Morgan fingerprint density at radius 3 is 2.52 bits per heavy atom. The normalized spacial score (nSPS) is 14.3. The molecule has 4 rings (SSSR count). The molecule has 0 bridgehead atoms. The maximum atomic E-state index is 13.0. The van der Waals surface area contributed by atoms with Crippen LogP contribution in [0.4, 0.5) is 5.69 Å². The zero-order valence-electron chi connectivity index (χ0n) is 15.3. The van der Waals surface area contributed by atoms with Gasteiger partial charge >= 0.3 is 0 Å². The van der Waals surface area contributed by atoms with Gasteiger partial charge in [0.2, 0.25) is 5.82 Å². The van der Waals surface area contributed by atoms with Crippen LogP contribution in [-0.4, -0.2) is 39.2 Å². The molecule has 0 spiro atoms. The molecule has 2 aromatic heterocycles. The van der Waals surface area contributed by atoms with Crippen LogP contribution in [0.15, 0.2) is 48.7 Å². The fourth-order valence-electron chi connectivity index (χ4n) is 3.49. The van der Waals surface area contributed by atoms with Crippen molar-refractivity contribution in [3.63, 3.8) is 0 Å². The van der Waals surface area contributed by atoms with Gasteiger partial charge in [0, 0.05) is 25.0 Å². The third-order valence-electron chi connectivity index (χ3n) is 4.99. The molecule has 6 heteroatoms. The van der Waals surface area contributed by atoms with Crippen LogP contribution in [-0.2, 0) is 0 Å². The van der Waals surface area contributed by atoms with E-state index in [0.717, 1.165) is 43.6 Å². The highest BCUT2D eigenvalue weighted by Crippen LogP contribution is 2.20. The molecular formula is C21H22N4O2. The number of aryl methyl sites for hydroxylation is 1. The molecule has 6 nitrogen and oxygen atoms in total. The van der Waals surface area contributed by atoms with Crippen molar-refractivity contribution in [2.75, 3.05) is 18.4 Å². The molecule has 3 aromatic rings. The predicted molar refractivity (Wildman–Crippen MR) is 104 cm³/mol. The Balaban J connectivity index is 1.70. The Bertz CT molecular complexity index is 1000. The highest BCUT2D eigenvalue weighted by atomic mass is 16.2. The summed E-state index contributed by atoms with van der Waals surface area (Å²) in [7, 11) is 0. The van der Waals surface area contributed by atoms with Gasteiger partial charge in [-0.2, -0.15) is 0 Å². The molecule has 3 heterocycles. The summed E-state index contributed by atoms with van der Waals surface area (Å²) >= 11 is 0. The lowest BCUT2D eigenvalue weighted by molar-refractivity contribution is 0.0721. The molecule has 0 aliphatic carbocycles. The number of piperidine rings is 1. The highest BCUT2D eigenvalue weighted by molar-refractivity contribution is 6.06. The lowest BCUT2D eigenvalue weighted by Crippen LogP contribution is -2.36. The number of anilines is 1. The first-order valence-electron chi connectivity index (χ1n) is 9.28. The number of nitrogens with zero attached hydrogens (tertiary/aromatic N) is 3. The van der Waals surface area contributed by atoms with E-state index in [-0.39, 0.29) is 17.6 Å². The fourth-order valence-corrected chi connectivity index (χ4v) is 3.49. The van der Waals surface area contributed by atoms with Gasteiger partial charge < -0.3 is 10.2 Å². The summed E-state index contributed by atoms with van der Waals surface area (Å²) < 4.78 is 1.69. The summed E-state index contributed by atoms with van der Waals surface area (Å²) in [5, 5.41) is 2.90. The number of benzene rings is 1. The van der Waals surface area contributed by atoms with Crippen LogP contribution in [0.1, 0.15) is 45.9 Å². The van der Waals surface area contributed by atoms with Gasteiger partial charge in [0.25, 0.3) is 11.8 Å². The average Bonchev–Trinajstić information content (AvgIpc) is 3.10. The highest BCUT2D eigenvalue weighted by Gasteiger charge is 2.26. The van der Waals surface area contributed by atoms with E-state index in [0.29, 0.717) is 11.2 Å². The molecule has 2 amide bonds. The average molecular weight is 362 g/mol. The summed E-state index contributed by atoms with van der Waals surface area (Å²) in [5.74, 6) is -0.217. The van der Waals surface area contributed by atoms with E-state index < -0.39 is 0 Å². The number of hydrogen-bond acceptors (Lipinski definition) is 3. The van der Waals surface area contributed by atoms with E-state index in [9.17, 15) is 9.59 Å². The van der Waals surface area contributed by atoms with Gasteiger partial charge in [0.15, 0.2) is 5.69 Å². The Kier molecular flexibility index (Phi) is 4.62. The van der Waals surface area contributed by atoms with Crippen molar-refractivity contribution in [2.45, 2.75) is 26.2 Å². The SMILES string of the molecule is Cc1ccccc1NC(=O)c1nc(C(=O)N2CCCCC2)c2ccccn12. The second-order valence-corrected chi connectivity index (χ2v) is 6.86. The molecule has 27 heavy (non-hydrogen) atoms. The monoisotopic (exact) mass is 362 g/mol. The first-order chi connectivity index (χ1) is 13.1. The lowest BCUT2D eigenvalue weighted by atomic mass is 10.1. The van der Waals surface area contributed by atoms with Gasteiger partial charge in [-0.15, -0.1) is 0 Å². The van der Waals surface area contributed by atoms with Crippen molar-refractivity contribution in [2.24, 2.45) is 0 Å². The molecule has 1 aromatic carbocycles. The third kappa shape index (κ3) is 3.30. The molecule has 1 fully saturated rings. The Morgan fingerprint density at radius 1 is 1.00 bits per heavy atom. The van der Waals surface area contributed by atoms with Crippen molar-refractivity contribution in [1.29, 1.82) is 0 Å². The van der Waals surface area contributed by atoms with E-state index in [4.69, 9.17) is 0 Å². The second-order valence-electron chi connectivity index (χ2n) is 6.86. The largest absolute Gasteiger partial charge is 0.337 e. The number of likely N-dealkylation sites (tertiary alicyclic amines) is 1. The van der Waals surface area contributed by atoms with E-state index in [1.54, 1.807) is 10.6 Å². The maximum Gasteiger partial charge on any atom is 0.292 e. The van der Waals surface area contributed by atoms with Gasteiger partial charge in [0.05, 0.1) is 5.52 Å². The van der Waals surface area contributed by atoms with Crippen molar-refractivity contribution in [3.8, 4) is 0 Å². The number of para-hydroxylation sites is 1. The topological polar surface area (TPSA) is 66.7 Å². The lowest BCUT2D eigenvalue weighted by Gasteiger charge is -2.25. The molecule has 1 aliphatic heterocycles. The molecule has 0 unspecified atom stereocenters. The van der Waals surface area contributed by atoms with E-state index >= 15 is 0 Å². The summed E-state index contributed by atoms with van der Waals surface area (Å²) in [6.45, 7) is 3.43. The van der Waals surface area contributed by atoms with E-state index in [1.165, 1.54) is 0 Å². The van der Waals surface area contributed by atoms with Crippen molar-refractivity contribution in [1.82, 2.24) is 14.3 Å². The minimum atomic E-state index is -0.330. The zero-order chi connectivity index (χ0) is 18.8. The van der Waals surface area contributed by atoms with Crippen LogP contribution in [0.25, 0.3) is 5.52 Å². The van der Waals surface area contributed by atoms with Crippen LogP contribution >= 0.6 is 0 Å². The molecule has 0 atom stereocenters. The van der Waals surface area contributed by atoms with Gasteiger partial charge in [-0.05, 0) is 49.9 Å². The second kappa shape index (κ2) is 7.23. The minimum absolute atomic E-state index is 0.103. The molecule has 1 saturated heterocycles. The summed E-state index contributed by atoms with van der Waals surface area (Å²) in [6.07, 6.45) is 4.94. The van der Waals surface area contributed by atoms with Crippen LogP contribution in [0.2, 0.25) is 0 Å². The maximum absolute atomic E-state index is 13.0. The van der Waals surface area contributed by atoms with Crippen LogP contribution < -0.4 is 5.32 Å². The van der Waals surface area contributed by atoms with E-state index in [1.807, 2.05) is 54.3 Å². The molecule has 0 radical (unpaired) electrons. The predicted octanol–water partition coefficient (Wildman–Crippen LogP) is 3.52. The Morgan fingerprint density at radius 2 is 1.74 bits per heavy atom. The van der Waals surface area contributed by atoms with Gasteiger partial charge in [-0.3, -0.25) is 14.0 Å². The van der Waals surface area contributed by atoms with Crippen LogP contribution in [0, 0.1) is 6.92 Å². The number of pyridine rings is 1. The number of hydrogen-bond donors (Lipinski definition) is 1. The number of imidazole rings is 1. The number of rotatable bonds is 3. The minimum Gasteiger partial charge on any atom is -0.337 e. The number of fused-ring (bicyclic) bond motifs is 1. The number of amides is 2. The van der Waals surface area contributed by atoms with Crippen molar-refractivity contribution in [3.05, 3.63) is 65.7 Å². The molecule has 138 valence electrons. The van der Waals surface area contributed by atoms with Gasteiger partial charge in [0.1, 0.15) is 0 Å². The first-order valence-corrected chi connectivity index (χ1v) is 9.28. The van der Waals surface area contributed by atoms with Crippen molar-refractivity contribution >= 4 is 23.0 Å². The summed E-state index contributed by atoms with van der Waals surface area (Å²) in [5.41, 5.74) is 2.70. The number of nitrogens with one attached hydrogen (secondary N) is 1. The Labute approximate surface area is 157 Å². The zero-order valence-corrected chi connectivity index (χ0v) is 15.3. The summed E-state index contributed by atoms with van der Waals surface area (Å²) in [6, 6.07) is 13.1. The quantitative estimate of drug-likeness (QED) is 0.775. The summed E-state index contributed by atoms with van der Waals surface area (Å²) in [4.78, 5) is 32.1. The number of aromatic nitrogens is 2. The molecular weight excluding hydrogens is 340 g/mol. The van der Waals surface area contributed by atoms with E-state index in [2.05, 4.69) is 10.3 Å². The first kappa shape index (κ1) is 17.3. The molecule has 1 aliphatic rings. The van der Waals surface area contributed by atoms with Crippen molar-refractivity contribution < 1.29 is 9.59 Å². The Hall–Kier alpha value is -3.15. The number of carbonyl (C=O) groups is 2.